The van der Waals surface area contributed by atoms with E-state index in [0.717, 1.165) is 43.4 Å². The number of aromatic nitrogens is 2. The van der Waals surface area contributed by atoms with Crippen molar-refractivity contribution in [2.75, 3.05) is 19.6 Å². The van der Waals surface area contributed by atoms with E-state index >= 15 is 0 Å². The number of nitrogens with zero attached hydrogens (tertiary/aromatic N) is 5. The van der Waals surface area contributed by atoms with Gasteiger partial charge in [-0.1, -0.05) is 0 Å². The lowest BCUT2D eigenvalue weighted by atomic mass is 10.0. The van der Waals surface area contributed by atoms with Crippen molar-refractivity contribution in [3.05, 3.63) is 23.3 Å². The van der Waals surface area contributed by atoms with Gasteiger partial charge in [-0.2, -0.15) is 0 Å². The Morgan fingerprint density at radius 2 is 2.00 bits per heavy atom. The second-order valence-electron chi connectivity index (χ2n) is 8.76. The van der Waals surface area contributed by atoms with Crippen LogP contribution in [0.5, 0.6) is 0 Å². The van der Waals surface area contributed by atoms with E-state index in [-0.39, 0.29) is 29.7 Å². The van der Waals surface area contributed by atoms with Gasteiger partial charge in [0.2, 0.25) is 17.7 Å². The standard InChI is InChI=1S/C21H27N5O3/c1-13(27)24-8-6-17-15(11-24)10-22-20(23-17)18-3-2-7-25(18)21(29)14-9-19(28)26(12-14)16-4-5-16/h10,14,16,18H,2-9,11-12H2,1H3. The van der Waals surface area contributed by atoms with Gasteiger partial charge in [-0.3, -0.25) is 14.4 Å². The van der Waals surface area contributed by atoms with Crippen molar-refractivity contribution in [3.63, 3.8) is 0 Å². The fourth-order valence-corrected chi connectivity index (χ4v) is 4.93. The maximum atomic E-state index is 13.2. The SMILES string of the molecule is CC(=O)N1CCc2nc(C3CCCN3C(=O)C3CC(=O)N(C4CC4)C3)ncc2C1. The summed E-state index contributed by atoms with van der Waals surface area (Å²) in [6.45, 7) is 4.08. The highest BCUT2D eigenvalue weighted by molar-refractivity contribution is 5.90. The minimum atomic E-state index is -0.231. The summed E-state index contributed by atoms with van der Waals surface area (Å²) in [5.74, 6) is 0.744. The van der Waals surface area contributed by atoms with Crippen molar-refractivity contribution in [2.45, 2.75) is 64.1 Å². The lowest BCUT2D eigenvalue weighted by Gasteiger charge is -2.29. The van der Waals surface area contributed by atoms with E-state index in [0.29, 0.717) is 44.5 Å². The molecule has 2 atom stereocenters. The predicted octanol–water partition coefficient (Wildman–Crippen LogP) is 1.06. The molecule has 0 N–H and O–H groups in total. The topological polar surface area (TPSA) is 86.7 Å². The fourth-order valence-electron chi connectivity index (χ4n) is 4.93. The van der Waals surface area contributed by atoms with Crippen LogP contribution in [0, 0.1) is 5.92 Å². The van der Waals surface area contributed by atoms with Crippen LogP contribution in [0.4, 0.5) is 0 Å². The van der Waals surface area contributed by atoms with Crippen LogP contribution in [-0.4, -0.2) is 68.1 Å². The van der Waals surface area contributed by atoms with Crippen LogP contribution in [0.1, 0.15) is 62.2 Å². The second kappa shape index (κ2) is 7.07. The summed E-state index contributed by atoms with van der Waals surface area (Å²) in [7, 11) is 0. The highest BCUT2D eigenvalue weighted by Gasteiger charge is 2.45. The minimum absolute atomic E-state index is 0.0682. The summed E-state index contributed by atoms with van der Waals surface area (Å²) in [6.07, 6.45) is 6.82. The molecular formula is C21H27N5O3. The molecule has 2 saturated heterocycles. The monoisotopic (exact) mass is 397 g/mol. The molecule has 1 aromatic heterocycles. The third-order valence-electron chi connectivity index (χ3n) is 6.73. The molecule has 0 radical (unpaired) electrons. The minimum Gasteiger partial charge on any atom is -0.339 e. The Balaban J connectivity index is 1.31. The number of hydrogen-bond donors (Lipinski definition) is 0. The summed E-state index contributed by atoms with van der Waals surface area (Å²) in [4.78, 5) is 52.1. The summed E-state index contributed by atoms with van der Waals surface area (Å²) in [5, 5.41) is 0. The average molecular weight is 397 g/mol. The van der Waals surface area contributed by atoms with E-state index < -0.39 is 0 Å². The summed E-state index contributed by atoms with van der Waals surface area (Å²) in [6, 6.07) is 0.261. The molecule has 3 amide bonds. The van der Waals surface area contributed by atoms with Gasteiger partial charge < -0.3 is 14.7 Å². The van der Waals surface area contributed by atoms with E-state index in [1.54, 1.807) is 11.8 Å². The Bertz CT molecular complexity index is 868. The predicted molar refractivity (Wildman–Crippen MR) is 103 cm³/mol. The zero-order chi connectivity index (χ0) is 20.1. The number of carbonyl (C=O) groups is 3. The summed E-state index contributed by atoms with van der Waals surface area (Å²) in [5.41, 5.74) is 1.98. The molecule has 5 rings (SSSR count). The first-order valence-electron chi connectivity index (χ1n) is 10.7. The largest absolute Gasteiger partial charge is 0.339 e. The first-order chi connectivity index (χ1) is 14.0. The van der Waals surface area contributed by atoms with E-state index in [9.17, 15) is 14.4 Å². The molecule has 29 heavy (non-hydrogen) atoms. The molecule has 0 aromatic carbocycles. The normalized spacial score (nSPS) is 26.8. The Morgan fingerprint density at radius 1 is 1.17 bits per heavy atom. The van der Waals surface area contributed by atoms with E-state index in [4.69, 9.17) is 4.98 Å². The lowest BCUT2D eigenvalue weighted by molar-refractivity contribution is -0.137. The Kier molecular flexibility index (Phi) is 4.52. The molecule has 1 saturated carbocycles. The number of hydrogen-bond acceptors (Lipinski definition) is 5. The number of fused-ring (bicyclic) bond motifs is 1. The zero-order valence-electron chi connectivity index (χ0n) is 16.8. The summed E-state index contributed by atoms with van der Waals surface area (Å²) >= 11 is 0. The maximum Gasteiger partial charge on any atom is 0.228 e. The smallest absolute Gasteiger partial charge is 0.228 e. The number of amides is 3. The van der Waals surface area contributed by atoms with Gasteiger partial charge >= 0.3 is 0 Å². The fraction of sp³-hybridized carbons (Fsp3) is 0.667. The number of carbonyl (C=O) groups excluding carboxylic acids is 3. The number of likely N-dealkylation sites (tertiary alicyclic amines) is 2. The van der Waals surface area contributed by atoms with Crippen LogP contribution in [0.3, 0.4) is 0 Å². The van der Waals surface area contributed by atoms with E-state index in [2.05, 4.69) is 4.98 Å². The average Bonchev–Trinajstić information content (AvgIpc) is 3.30. The van der Waals surface area contributed by atoms with Crippen molar-refractivity contribution in [2.24, 2.45) is 5.92 Å². The molecule has 1 aliphatic carbocycles. The third kappa shape index (κ3) is 3.38. The first-order valence-corrected chi connectivity index (χ1v) is 10.7. The molecule has 2 unspecified atom stereocenters. The zero-order valence-corrected chi connectivity index (χ0v) is 16.8. The molecular weight excluding hydrogens is 370 g/mol. The van der Waals surface area contributed by atoms with E-state index in [1.807, 2.05) is 16.0 Å². The Hall–Kier alpha value is -2.51. The second-order valence-corrected chi connectivity index (χ2v) is 8.76. The van der Waals surface area contributed by atoms with Crippen LogP contribution < -0.4 is 0 Å². The molecule has 0 bridgehead atoms. The molecule has 154 valence electrons. The quantitative estimate of drug-likeness (QED) is 0.761. The third-order valence-corrected chi connectivity index (χ3v) is 6.73. The maximum absolute atomic E-state index is 13.2. The van der Waals surface area contributed by atoms with Gasteiger partial charge in [-0.05, 0) is 25.7 Å². The van der Waals surface area contributed by atoms with Gasteiger partial charge in [0.1, 0.15) is 0 Å². The van der Waals surface area contributed by atoms with Gasteiger partial charge in [0.25, 0.3) is 0 Å². The number of rotatable bonds is 3. The Labute approximate surface area is 170 Å². The van der Waals surface area contributed by atoms with Crippen molar-refractivity contribution in [1.29, 1.82) is 0 Å². The van der Waals surface area contributed by atoms with Gasteiger partial charge in [0.15, 0.2) is 5.82 Å². The molecule has 8 nitrogen and oxygen atoms in total. The van der Waals surface area contributed by atoms with Gasteiger partial charge in [-0.25, -0.2) is 9.97 Å². The molecule has 4 aliphatic rings. The highest BCUT2D eigenvalue weighted by atomic mass is 16.2. The van der Waals surface area contributed by atoms with Crippen molar-refractivity contribution < 1.29 is 14.4 Å². The molecule has 0 spiro atoms. The van der Waals surface area contributed by atoms with Crippen LogP contribution in [0.2, 0.25) is 0 Å². The molecule has 3 aliphatic heterocycles. The van der Waals surface area contributed by atoms with Crippen LogP contribution in [0.15, 0.2) is 6.20 Å². The Morgan fingerprint density at radius 3 is 2.76 bits per heavy atom. The van der Waals surface area contributed by atoms with Gasteiger partial charge in [-0.15, -0.1) is 0 Å². The molecule has 1 aromatic rings. The molecule has 4 heterocycles. The van der Waals surface area contributed by atoms with Crippen molar-refractivity contribution >= 4 is 17.7 Å². The van der Waals surface area contributed by atoms with Crippen LogP contribution in [-0.2, 0) is 27.3 Å². The van der Waals surface area contributed by atoms with Crippen molar-refractivity contribution in [3.8, 4) is 0 Å². The highest BCUT2D eigenvalue weighted by Crippen LogP contribution is 2.36. The van der Waals surface area contributed by atoms with Crippen LogP contribution >= 0.6 is 0 Å². The van der Waals surface area contributed by atoms with Gasteiger partial charge in [0, 0.05) is 63.7 Å². The molecule has 8 heteroatoms. The lowest BCUT2D eigenvalue weighted by Crippen LogP contribution is -2.38. The first kappa shape index (κ1) is 18.5. The summed E-state index contributed by atoms with van der Waals surface area (Å²) < 4.78 is 0. The molecule has 3 fully saturated rings. The van der Waals surface area contributed by atoms with Crippen LogP contribution in [0.25, 0.3) is 0 Å². The van der Waals surface area contributed by atoms with Crippen molar-refractivity contribution in [1.82, 2.24) is 24.7 Å². The van der Waals surface area contributed by atoms with E-state index in [1.165, 1.54) is 0 Å². The van der Waals surface area contributed by atoms with Gasteiger partial charge in [0.05, 0.1) is 17.7 Å².